The number of amides is 1. The monoisotopic (exact) mass is 459 g/mol. The van der Waals surface area contributed by atoms with Crippen LogP contribution in [0.2, 0.25) is 0 Å². The molecule has 4 rings (SSSR count). The van der Waals surface area contributed by atoms with Crippen molar-refractivity contribution in [1.29, 1.82) is 0 Å². The fourth-order valence-electron chi connectivity index (χ4n) is 3.06. The fourth-order valence-corrected chi connectivity index (χ4v) is 3.60. The van der Waals surface area contributed by atoms with Gasteiger partial charge in [-0.3, -0.25) is 9.48 Å². The van der Waals surface area contributed by atoms with E-state index in [0.29, 0.717) is 5.82 Å². The van der Waals surface area contributed by atoms with Gasteiger partial charge in [-0.1, -0.05) is 12.1 Å². The second-order valence-electron chi connectivity index (χ2n) is 6.32. The summed E-state index contributed by atoms with van der Waals surface area (Å²) in [6.45, 7) is 2.00. The lowest BCUT2D eigenvalue weighted by Crippen LogP contribution is -2.31. The lowest BCUT2D eigenvalue weighted by Gasteiger charge is -2.14. The van der Waals surface area contributed by atoms with Gasteiger partial charge in [-0.25, -0.2) is 9.97 Å². The summed E-state index contributed by atoms with van der Waals surface area (Å²) in [5, 5.41) is 4.31. The van der Waals surface area contributed by atoms with Gasteiger partial charge in [0.15, 0.2) is 5.82 Å². The van der Waals surface area contributed by atoms with Gasteiger partial charge in [0, 0.05) is 51.9 Å². The molecular weight excluding hydrogens is 441 g/mol. The third-order valence-corrected chi connectivity index (χ3v) is 5.13. The zero-order valence-electron chi connectivity index (χ0n) is 14.2. The fraction of sp³-hybridized carbons (Fsp3) is 0.263. The predicted molar refractivity (Wildman–Crippen MR) is 107 cm³/mol. The Bertz CT molecular complexity index is 916. The number of hydrogen-bond acceptors (Lipinski definition) is 4. The Kier molecular flexibility index (Phi) is 4.96. The molecule has 0 bridgehead atoms. The smallest absolute Gasteiger partial charge is 0.244 e. The Balaban J connectivity index is 1.48. The quantitative estimate of drug-likeness (QED) is 0.563. The molecule has 0 atom stereocenters. The summed E-state index contributed by atoms with van der Waals surface area (Å²) in [7, 11) is 0. The van der Waals surface area contributed by atoms with Crippen LogP contribution in [0.5, 0.6) is 0 Å². The number of carbonyl (C=O) groups excluding carboxylic acids is 1. The maximum absolute atomic E-state index is 12.2. The van der Waals surface area contributed by atoms with E-state index < -0.39 is 0 Å². The number of benzene rings is 1. The molecule has 1 aliphatic rings. The van der Waals surface area contributed by atoms with Crippen LogP contribution in [0.25, 0.3) is 22.5 Å². The van der Waals surface area contributed by atoms with Gasteiger partial charge in [0.1, 0.15) is 6.54 Å². The molecule has 1 saturated heterocycles. The molecule has 3 heterocycles. The molecule has 0 N–H and O–H groups in total. The van der Waals surface area contributed by atoms with Crippen molar-refractivity contribution in [2.24, 2.45) is 0 Å². The van der Waals surface area contributed by atoms with Crippen LogP contribution in [0.3, 0.4) is 0 Å². The lowest BCUT2D eigenvalue weighted by molar-refractivity contribution is -0.130. The zero-order valence-corrected chi connectivity index (χ0v) is 16.3. The van der Waals surface area contributed by atoms with E-state index in [-0.39, 0.29) is 12.5 Å². The highest BCUT2D eigenvalue weighted by molar-refractivity contribution is 14.1. The van der Waals surface area contributed by atoms with E-state index in [1.54, 1.807) is 23.3 Å². The van der Waals surface area contributed by atoms with Crippen LogP contribution in [0.1, 0.15) is 12.8 Å². The number of likely N-dealkylation sites (tertiary alicyclic amines) is 1. The van der Waals surface area contributed by atoms with Crippen molar-refractivity contribution in [2.45, 2.75) is 19.4 Å². The number of halogens is 1. The molecule has 1 aromatic carbocycles. The van der Waals surface area contributed by atoms with Gasteiger partial charge in [-0.15, -0.1) is 0 Å². The Morgan fingerprint density at radius 1 is 1.04 bits per heavy atom. The molecule has 6 nitrogen and oxygen atoms in total. The average Bonchev–Trinajstić information content (AvgIpc) is 3.34. The number of nitrogens with zero attached hydrogens (tertiary/aromatic N) is 5. The summed E-state index contributed by atoms with van der Waals surface area (Å²) in [5.74, 6) is 0.825. The largest absolute Gasteiger partial charge is 0.341 e. The molecule has 7 heteroatoms. The van der Waals surface area contributed by atoms with Gasteiger partial charge >= 0.3 is 0 Å². The van der Waals surface area contributed by atoms with Gasteiger partial charge in [-0.2, -0.15) is 5.10 Å². The lowest BCUT2D eigenvalue weighted by atomic mass is 10.2. The molecule has 1 aliphatic heterocycles. The Hall–Kier alpha value is -2.29. The molecule has 0 aliphatic carbocycles. The third-order valence-electron chi connectivity index (χ3n) is 4.46. The first-order chi connectivity index (χ1) is 12.7. The van der Waals surface area contributed by atoms with E-state index in [0.717, 1.165) is 46.2 Å². The first kappa shape index (κ1) is 17.1. The topological polar surface area (TPSA) is 63.9 Å². The summed E-state index contributed by atoms with van der Waals surface area (Å²) >= 11 is 2.28. The number of carbonyl (C=O) groups is 1. The van der Waals surface area contributed by atoms with Crippen molar-refractivity contribution >= 4 is 28.5 Å². The number of rotatable bonds is 4. The highest BCUT2D eigenvalue weighted by Crippen LogP contribution is 2.21. The predicted octanol–water partition coefficient (Wildman–Crippen LogP) is 3.23. The van der Waals surface area contributed by atoms with Crippen molar-refractivity contribution in [1.82, 2.24) is 24.6 Å². The number of aromatic nitrogens is 4. The minimum Gasteiger partial charge on any atom is -0.341 e. The first-order valence-corrected chi connectivity index (χ1v) is 9.65. The molecule has 0 radical (unpaired) electrons. The highest BCUT2D eigenvalue weighted by atomic mass is 127. The Morgan fingerprint density at radius 2 is 1.81 bits per heavy atom. The van der Waals surface area contributed by atoms with Crippen molar-refractivity contribution in [3.05, 3.63) is 52.6 Å². The standard InChI is InChI=1S/C19H18IN5O/c20-17-5-3-4-14(8-17)19-21-9-15(10-22-19)16-11-23-25(12-16)13-18(26)24-6-1-2-7-24/h3-5,8-12H,1-2,6-7,13H2. The van der Waals surface area contributed by atoms with E-state index in [1.165, 1.54) is 0 Å². The van der Waals surface area contributed by atoms with Crippen LogP contribution in [0.15, 0.2) is 49.1 Å². The van der Waals surface area contributed by atoms with Crippen molar-refractivity contribution < 1.29 is 4.79 Å². The Morgan fingerprint density at radius 3 is 2.54 bits per heavy atom. The van der Waals surface area contributed by atoms with Crippen molar-refractivity contribution in [3.63, 3.8) is 0 Å². The van der Waals surface area contributed by atoms with Gasteiger partial charge < -0.3 is 4.90 Å². The first-order valence-electron chi connectivity index (χ1n) is 8.58. The molecule has 1 fully saturated rings. The van der Waals surface area contributed by atoms with Crippen molar-refractivity contribution in [3.8, 4) is 22.5 Å². The normalized spacial score (nSPS) is 14.0. The molecule has 0 spiro atoms. The van der Waals surface area contributed by atoms with E-state index >= 15 is 0 Å². The minimum absolute atomic E-state index is 0.127. The van der Waals surface area contributed by atoms with Crippen LogP contribution in [0.4, 0.5) is 0 Å². The average molecular weight is 459 g/mol. The van der Waals surface area contributed by atoms with Gasteiger partial charge in [-0.05, 0) is 47.6 Å². The van der Waals surface area contributed by atoms with Crippen LogP contribution < -0.4 is 0 Å². The molecule has 0 saturated carbocycles. The van der Waals surface area contributed by atoms with Gasteiger partial charge in [0.2, 0.25) is 5.91 Å². The molecule has 132 valence electrons. The van der Waals surface area contributed by atoms with Crippen LogP contribution in [-0.2, 0) is 11.3 Å². The maximum atomic E-state index is 12.2. The maximum Gasteiger partial charge on any atom is 0.244 e. The Labute approximate surface area is 165 Å². The van der Waals surface area contributed by atoms with E-state index in [9.17, 15) is 4.79 Å². The summed E-state index contributed by atoms with van der Waals surface area (Å²) in [6.07, 6.45) is 9.41. The zero-order chi connectivity index (χ0) is 17.9. The summed E-state index contributed by atoms with van der Waals surface area (Å²) in [6, 6.07) is 8.09. The summed E-state index contributed by atoms with van der Waals surface area (Å²) in [5.41, 5.74) is 2.79. The van der Waals surface area contributed by atoms with Crippen molar-refractivity contribution in [2.75, 3.05) is 13.1 Å². The second-order valence-corrected chi connectivity index (χ2v) is 7.57. The minimum atomic E-state index is 0.127. The van der Waals surface area contributed by atoms with Crippen LogP contribution in [0, 0.1) is 3.57 Å². The van der Waals surface area contributed by atoms with E-state index in [4.69, 9.17) is 0 Å². The van der Waals surface area contributed by atoms with E-state index in [1.807, 2.05) is 29.3 Å². The van der Waals surface area contributed by atoms with Crippen LogP contribution >= 0.6 is 22.6 Å². The molecular formula is C19H18IN5O. The molecule has 26 heavy (non-hydrogen) atoms. The van der Waals surface area contributed by atoms with Crippen LogP contribution in [-0.4, -0.2) is 43.6 Å². The molecule has 2 aromatic heterocycles. The number of hydrogen-bond donors (Lipinski definition) is 0. The highest BCUT2D eigenvalue weighted by Gasteiger charge is 2.18. The second kappa shape index (κ2) is 7.53. The summed E-state index contributed by atoms with van der Waals surface area (Å²) < 4.78 is 2.83. The van der Waals surface area contributed by atoms with Gasteiger partial charge in [0.05, 0.1) is 6.20 Å². The van der Waals surface area contributed by atoms with E-state index in [2.05, 4.69) is 43.7 Å². The molecule has 1 amide bonds. The SMILES string of the molecule is O=C(Cn1cc(-c2cnc(-c3cccc(I)c3)nc2)cn1)N1CCCC1. The molecule has 0 unspecified atom stereocenters. The summed E-state index contributed by atoms with van der Waals surface area (Å²) in [4.78, 5) is 23.1. The molecule has 3 aromatic rings. The van der Waals surface area contributed by atoms with Gasteiger partial charge in [0.25, 0.3) is 0 Å². The third kappa shape index (κ3) is 3.77.